The number of rotatable bonds is 30. The average molecular weight is 653 g/mol. The monoisotopic (exact) mass is 653 g/mol. The fraction of sp³-hybridized carbons (Fsp3) is 0.822. The summed E-state index contributed by atoms with van der Waals surface area (Å²) in [6.45, 7) is 9.37. The van der Waals surface area contributed by atoms with Crippen molar-refractivity contribution in [3.8, 4) is 0 Å². The van der Waals surface area contributed by atoms with Gasteiger partial charge in [-0.3, -0.25) is 0 Å². The molecule has 2 fully saturated rings. The van der Waals surface area contributed by atoms with Crippen molar-refractivity contribution in [1.29, 1.82) is 0 Å². The number of hydrogen-bond donors (Lipinski definition) is 0. The second-order valence-corrected chi connectivity index (χ2v) is 15.3. The predicted molar refractivity (Wildman–Crippen MR) is 208 cm³/mol. The fourth-order valence-corrected chi connectivity index (χ4v) is 7.45. The van der Waals surface area contributed by atoms with E-state index in [1.54, 1.807) is 0 Å². The number of unbranched alkanes of at least 4 members (excludes halogenated alkanes) is 18. The first-order valence-corrected chi connectivity index (χ1v) is 21.1. The number of ether oxygens (including phenoxy) is 2. The van der Waals surface area contributed by atoms with Crippen LogP contribution >= 0.6 is 0 Å². The minimum absolute atomic E-state index is 0.302. The molecule has 1 saturated heterocycles. The van der Waals surface area contributed by atoms with E-state index in [-0.39, 0.29) is 5.79 Å². The van der Waals surface area contributed by atoms with E-state index in [1.807, 2.05) is 0 Å². The van der Waals surface area contributed by atoms with Crippen LogP contribution in [0.3, 0.4) is 0 Å². The van der Waals surface area contributed by atoms with Crippen LogP contribution in [0, 0.1) is 11.8 Å². The number of allylic oxidation sites excluding steroid dienone is 8. The molecule has 1 saturated carbocycles. The first-order valence-electron chi connectivity index (χ1n) is 21.1. The highest BCUT2D eigenvalue weighted by Crippen LogP contribution is 2.45. The Bertz CT molecular complexity index is 754. The molecule has 2 heteroatoms. The van der Waals surface area contributed by atoms with Crippen LogP contribution in [0.1, 0.15) is 207 Å². The molecule has 0 bridgehead atoms. The third-order valence-electron chi connectivity index (χ3n) is 10.8. The van der Waals surface area contributed by atoms with Crippen LogP contribution in [0.25, 0.3) is 0 Å². The van der Waals surface area contributed by atoms with E-state index in [2.05, 4.69) is 76.3 Å². The molecule has 4 atom stereocenters. The number of hydrogen-bond acceptors (Lipinski definition) is 2. The molecule has 4 unspecified atom stereocenters. The minimum Gasteiger partial charge on any atom is -0.344 e. The lowest BCUT2D eigenvalue weighted by molar-refractivity contribution is -0.186. The largest absolute Gasteiger partial charge is 0.344 e. The van der Waals surface area contributed by atoms with Crippen molar-refractivity contribution in [2.24, 2.45) is 11.8 Å². The highest BCUT2D eigenvalue weighted by Gasteiger charge is 2.49. The molecule has 1 aliphatic heterocycles. The SMILES string of the molecule is CCCCCC=CCC=CCCCCCCCCC1(CCCCCCCCC=CCC=CCCCCC)OC2CC(C)C(C)CC2O1. The van der Waals surface area contributed by atoms with E-state index in [1.165, 1.54) is 154 Å². The summed E-state index contributed by atoms with van der Waals surface area (Å²) in [5, 5.41) is 0. The Morgan fingerprint density at radius 3 is 1.11 bits per heavy atom. The molecule has 0 radical (unpaired) electrons. The summed E-state index contributed by atoms with van der Waals surface area (Å²) in [7, 11) is 0. The van der Waals surface area contributed by atoms with Gasteiger partial charge in [-0.25, -0.2) is 0 Å². The zero-order chi connectivity index (χ0) is 33.7. The standard InChI is InChI=1S/C45H80O2/c1-5-7-9-11-13-15-17-19-21-23-25-27-29-31-33-35-37-45(46-43-39-41(3)42(4)40-44(43)47-45)38-36-34-32-30-28-26-24-22-20-18-16-14-12-10-8-6-2/h13-16,19-22,41-44H,5-12,17-18,23-40H2,1-4H3. The summed E-state index contributed by atoms with van der Waals surface area (Å²) in [6, 6.07) is 0. The predicted octanol–water partition coefficient (Wildman–Crippen LogP) is 14.9. The number of fused-ring (bicyclic) bond motifs is 1. The zero-order valence-corrected chi connectivity index (χ0v) is 32.0. The van der Waals surface area contributed by atoms with Crippen molar-refractivity contribution in [2.45, 2.75) is 225 Å². The third-order valence-corrected chi connectivity index (χ3v) is 10.8. The van der Waals surface area contributed by atoms with Crippen molar-refractivity contribution >= 4 is 0 Å². The molecule has 1 heterocycles. The van der Waals surface area contributed by atoms with Gasteiger partial charge >= 0.3 is 0 Å². The van der Waals surface area contributed by atoms with Gasteiger partial charge in [0.05, 0.1) is 12.2 Å². The maximum atomic E-state index is 6.87. The van der Waals surface area contributed by atoms with Gasteiger partial charge in [0.25, 0.3) is 0 Å². The van der Waals surface area contributed by atoms with Crippen molar-refractivity contribution in [1.82, 2.24) is 0 Å². The zero-order valence-electron chi connectivity index (χ0n) is 32.0. The van der Waals surface area contributed by atoms with Crippen LogP contribution in [0.15, 0.2) is 48.6 Å². The summed E-state index contributed by atoms with van der Waals surface area (Å²) in [6.07, 6.45) is 55.3. The summed E-state index contributed by atoms with van der Waals surface area (Å²) in [5.74, 6) is 1.20. The van der Waals surface area contributed by atoms with Crippen molar-refractivity contribution in [3.05, 3.63) is 48.6 Å². The second-order valence-electron chi connectivity index (χ2n) is 15.3. The van der Waals surface area contributed by atoms with Gasteiger partial charge in [0, 0.05) is 12.8 Å². The van der Waals surface area contributed by atoms with E-state index in [0.29, 0.717) is 12.2 Å². The maximum Gasteiger partial charge on any atom is 0.169 e. The second kappa shape index (κ2) is 28.7. The molecule has 0 aromatic rings. The Morgan fingerprint density at radius 1 is 0.426 bits per heavy atom. The van der Waals surface area contributed by atoms with Gasteiger partial charge in [0.2, 0.25) is 0 Å². The first-order chi connectivity index (χ1) is 23.1. The van der Waals surface area contributed by atoms with Crippen LogP contribution in [-0.4, -0.2) is 18.0 Å². The smallest absolute Gasteiger partial charge is 0.169 e. The van der Waals surface area contributed by atoms with Crippen LogP contribution in [0.5, 0.6) is 0 Å². The van der Waals surface area contributed by atoms with E-state index in [4.69, 9.17) is 9.47 Å². The molecule has 272 valence electrons. The normalized spacial score (nSPS) is 24.9. The van der Waals surface area contributed by atoms with E-state index in [0.717, 1.165) is 37.5 Å². The lowest BCUT2D eigenvalue weighted by Gasteiger charge is -2.32. The highest BCUT2D eigenvalue weighted by molar-refractivity contribution is 4.94. The van der Waals surface area contributed by atoms with Crippen molar-refractivity contribution in [3.63, 3.8) is 0 Å². The quantitative estimate of drug-likeness (QED) is 0.0568. The van der Waals surface area contributed by atoms with Gasteiger partial charge in [-0.15, -0.1) is 0 Å². The Balaban J connectivity index is 1.56. The van der Waals surface area contributed by atoms with E-state index >= 15 is 0 Å². The summed E-state index contributed by atoms with van der Waals surface area (Å²) >= 11 is 0. The van der Waals surface area contributed by atoms with Gasteiger partial charge in [0.1, 0.15) is 0 Å². The van der Waals surface area contributed by atoms with Gasteiger partial charge < -0.3 is 9.47 Å². The topological polar surface area (TPSA) is 18.5 Å². The average Bonchev–Trinajstić information content (AvgIpc) is 3.41. The van der Waals surface area contributed by atoms with Crippen LogP contribution in [-0.2, 0) is 9.47 Å². The molecule has 47 heavy (non-hydrogen) atoms. The lowest BCUT2D eigenvalue weighted by atomic mass is 9.79. The lowest BCUT2D eigenvalue weighted by Crippen LogP contribution is -2.34. The van der Waals surface area contributed by atoms with Crippen LogP contribution in [0.4, 0.5) is 0 Å². The van der Waals surface area contributed by atoms with E-state index in [9.17, 15) is 0 Å². The molecular formula is C45H80O2. The summed E-state index contributed by atoms with van der Waals surface area (Å²) in [5.41, 5.74) is 0. The summed E-state index contributed by atoms with van der Waals surface area (Å²) < 4.78 is 13.7. The Kier molecular flexibility index (Phi) is 25.7. The Hall–Kier alpha value is -1.12. The molecule has 2 nitrogen and oxygen atoms in total. The molecule has 1 aliphatic carbocycles. The molecule has 2 rings (SSSR count). The van der Waals surface area contributed by atoms with Gasteiger partial charge in [-0.2, -0.15) is 0 Å². The fourth-order valence-electron chi connectivity index (χ4n) is 7.45. The van der Waals surface area contributed by atoms with Gasteiger partial charge in [0.15, 0.2) is 5.79 Å². The Labute approximate surface area is 294 Å². The Morgan fingerprint density at radius 2 is 0.745 bits per heavy atom. The first kappa shape index (κ1) is 42.0. The third kappa shape index (κ3) is 20.9. The van der Waals surface area contributed by atoms with Crippen LogP contribution < -0.4 is 0 Å². The molecule has 0 amide bonds. The highest BCUT2D eigenvalue weighted by atomic mass is 16.8. The molecule has 0 aromatic carbocycles. The van der Waals surface area contributed by atoms with Crippen molar-refractivity contribution < 1.29 is 9.47 Å². The minimum atomic E-state index is -0.302. The molecule has 0 spiro atoms. The van der Waals surface area contributed by atoms with Crippen molar-refractivity contribution in [2.75, 3.05) is 0 Å². The van der Waals surface area contributed by atoms with Gasteiger partial charge in [-0.1, -0.05) is 153 Å². The van der Waals surface area contributed by atoms with E-state index < -0.39 is 0 Å². The molecule has 2 aliphatic rings. The van der Waals surface area contributed by atoms with Crippen LogP contribution in [0.2, 0.25) is 0 Å². The summed E-state index contributed by atoms with van der Waals surface area (Å²) in [4.78, 5) is 0. The van der Waals surface area contributed by atoms with Gasteiger partial charge in [-0.05, 0) is 102 Å². The molecular weight excluding hydrogens is 572 g/mol. The maximum absolute atomic E-state index is 6.87. The molecule has 0 N–H and O–H groups in total. The molecule has 0 aromatic heterocycles.